The van der Waals surface area contributed by atoms with Crippen LogP contribution < -0.4 is 15.1 Å². The van der Waals surface area contributed by atoms with Crippen LogP contribution >= 0.6 is 31.9 Å². The van der Waals surface area contributed by atoms with Crippen LogP contribution in [0.25, 0.3) is 11.0 Å². The number of ether oxygens (including phenoxy) is 1. The van der Waals surface area contributed by atoms with Gasteiger partial charge >= 0.3 is 0 Å². The minimum absolute atomic E-state index is 0.0691. The first-order chi connectivity index (χ1) is 16.0. The van der Waals surface area contributed by atoms with E-state index < -0.39 is 6.04 Å². The molecule has 5 nitrogen and oxygen atoms in total. The molecule has 0 bridgehead atoms. The largest absolute Gasteiger partial charge is 0.494 e. The fourth-order valence-corrected chi connectivity index (χ4v) is 4.90. The van der Waals surface area contributed by atoms with Crippen LogP contribution in [0.4, 0.5) is 5.69 Å². The number of hydrogen-bond acceptors (Lipinski definition) is 4. The van der Waals surface area contributed by atoms with Crippen LogP contribution in [0.15, 0.2) is 84.9 Å². The van der Waals surface area contributed by atoms with Gasteiger partial charge in [-0.05, 0) is 60.5 Å². The second-order valence-electron chi connectivity index (χ2n) is 7.79. The summed E-state index contributed by atoms with van der Waals surface area (Å²) in [5, 5.41) is 0.426. The molecule has 166 valence electrons. The molecule has 1 aliphatic heterocycles. The molecule has 0 radical (unpaired) electrons. The Morgan fingerprint density at radius 1 is 0.970 bits per heavy atom. The van der Waals surface area contributed by atoms with Crippen LogP contribution in [0, 0.1) is 0 Å². The number of carbonyl (C=O) groups excluding carboxylic acids is 1. The van der Waals surface area contributed by atoms with Gasteiger partial charge in [-0.15, -0.1) is 0 Å². The van der Waals surface area contributed by atoms with Gasteiger partial charge in [0.25, 0.3) is 5.91 Å². The van der Waals surface area contributed by atoms with Crippen LogP contribution in [-0.4, -0.2) is 12.5 Å². The lowest BCUT2D eigenvalue weighted by Gasteiger charge is -2.25. The Hall–Kier alpha value is -2.90. The van der Waals surface area contributed by atoms with Gasteiger partial charge in [-0.25, -0.2) is 0 Å². The van der Waals surface area contributed by atoms with Crippen LogP contribution in [-0.2, 0) is 0 Å². The first kappa shape index (κ1) is 21.9. The summed E-state index contributed by atoms with van der Waals surface area (Å²) in [6.07, 6.45) is 0.879. The molecule has 5 rings (SSSR count). The molecule has 7 heteroatoms. The minimum atomic E-state index is -0.647. The summed E-state index contributed by atoms with van der Waals surface area (Å²) >= 11 is 6.92. The van der Waals surface area contributed by atoms with E-state index in [9.17, 15) is 9.59 Å². The van der Waals surface area contributed by atoms with Crippen molar-refractivity contribution in [1.82, 2.24) is 0 Å². The molecule has 1 unspecified atom stereocenters. The van der Waals surface area contributed by atoms with Gasteiger partial charge in [0, 0.05) is 14.6 Å². The second kappa shape index (κ2) is 8.80. The van der Waals surface area contributed by atoms with Gasteiger partial charge in [0.2, 0.25) is 5.76 Å². The monoisotopic (exact) mass is 567 g/mol. The van der Waals surface area contributed by atoms with Gasteiger partial charge in [-0.1, -0.05) is 57.0 Å². The highest BCUT2D eigenvalue weighted by atomic mass is 79.9. The number of fused-ring (bicyclic) bond motifs is 2. The summed E-state index contributed by atoms with van der Waals surface area (Å²) in [7, 11) is 0. The lowest BCUT2D eigenvalue weighted by molar-refractivity contribution is 0.0971. The number of halogens is 2. The van der Waals surface area contributed by atoms with E-state index in [4.69, 9.17) is 9.15 Å². The average Bonchev–Trinajstić information content (AvgIpc) is 3.11. The maximum atomic E-state index is 13.7. The average molecular weight is 569 g/mol. The third-order valence-corrected chi connectivity index (χ3v) is 6.55. The summed E-state index contributed by atoms with van der Waals surface area (Å²) in [6.45, 7) is 2.62. The van der Waals surface area contributed by atoms with Crippen molar-refractivity contribution in [3.8, 4) is 5.75 Å². The van der Waals surface area contributed by atoms with E-state index in [1.165, 1.54) is 0 Å². The molecule has 0 saturated heterocycles. The van der Waals surface area contributed by atoms with Crippen molar-refractivity contribution < 1.29 is 13.9 Å². The predicted octanol–water partition coefficient (Wildman–Crippen LogP) is 6.86. The number of carbonyl (C=O) groups is 1. The lowest BCUT2D eigenvalue weighted by atomic mass is 9.98. The van der Waals surface area contributed by atoms with Gasteiger partial charge in [-0.3, -0.25) is 14.5 Å². The highest BCUT2D eigenvalue weighted by Gasteiger charge is 2.43. The number of hydrogen-bond donors (Lipinski definition) is 0. The third kappa shape index (κ3) is 3.89. The summed E-state index contributed by atoms with van der Waals surface area (Å²) in [5.41, 5.74) is 1.93. The predicted molar refractivity (Wildman–Crippen MR) is 135 cm³/mol. The molecule has 1 amide bonds. The van der Waals surface area contributed by atoms with Crippen molar-refractivity contribution in [2.24, 2.45) is 0 Å². The first-order valence-corrected chi connectivity index (χ1v) is 12.1. The zero-order chi connectivity index (χ0) is 23.1. The van der Waals surface area contributed by atoms with Gasteiger partial charge in [0.05, 0.1) is 23.6 Å². The molecular weight excluding hydrogens is 550 g/mol. The Morgan fingerprint density at radius 2 is 1.76 bits per heavy atom. The van der Waals surface area contributed by atoms with Gasteiger partial charge in [0.15, 0.2) is 5.43 Å². The highest BCUT2D eigenvalue weighted by Crippen LogP contribution is 2.42. The minimum Gasteiger partial charge on any atom is -0.494 e. The summed E-state index contributed by atoms with van der Waals surface area (Å²) in [5.74, 6) is 0.409. The molecule has 3 aromatic carbocycles. The lowest BCUT2D eigenvalue weighted by Crippen LogP contribution is -2.29. The van der Waals surface area contributed by atoms with Crippen LogP contribution in [0.5, 0.6) is 5.75 Å². The molecule has 0 saturated carbocycles. The number of nitrogens with zero attached hydrogens (tertiary/aromatic N) is 1. The Balaban J connectivity index is 1.77. The Labute approximate surface area is 207 Å². The maximum Gasteiger partial charge on any atom is 0.295 e. The van der Waals surface area contributed by atoms with Gasteiger partial charge in [-0.2, -0.15) is 0 Å². The molecule has 1 atom stereocenters. The van der Waals surface area contributed by atoms with Crippen molar-refractivity contribution >= 4 is 54.4 Å². The van der Waals surface area contributed by atoms with E-state index in [0.717, 1.165) is 20.9 Å². The van der Waals surface area contributed by atoms with E-state index >= 15 is 0 Å². The molecule has 1 aromatic heterocycles. The number of rotatable bonds is 5. The molecule has 0 fully saturated rings. The van der Waals surface area contributed by atoms with Crippen molar-refractivity contribution in [1.29, 1.82) is 0 Å². The van der Waals surface area contributed by atoms with E-state index in [1.807, 2.05) is 55.5 Å². The number of anilines is 1. The quantitative estimate of drug-likeness (QED) is 0.264. The van der Waals surface area contributed by atoms with Gasteiger partial charge in [0.1, 0.15) is 11.3 Å². The van der Waals surface area contributed by atoms with E-state index in [-0.39, 0.29) is 17.1 Å². The third-order valence-electron chi connectivity index (χ3n) is 5.57. The summed E-state index contributed by atoms with van der Waals surface area (Å²) in [4.78, 5) is 29.0. The zero-order valence-corrected chi connectivity index (χ0v) is 20.9. The molecule has 33 heavy (non-hydrogen) atoms. The fraction of sp³-hybridized carbons (Fsp3) is 0.154. The standard InChI is InChI=1S/C26H19Br2NO4/c1-2-11-32-19-8-3-5-15(12-19)23-22-24(30)20-14-17(28)9-10-21(20)33-25(22)26(31)29(23)18-7-4-6-16(27)13-18/h3-10,12-14,23H,2,11H2,1H3. The van der Waals surface area contributed by atoms with Crippen LogP contribution in [0.1, 0.15) is 41.1 Å². The first-order valence-electron chi connectivity index (χ1n) is 10.6. The van der Waals surface area contributed by atoms with Crippen molar-refractivity contribution in [3.05, 3.63) is 103 Å². The Kier molecular flexibility index (Phi) is 5.85. The fourth-order valence-electron chi connectivity index (χ4n) is 4.15. The van der Waals surface area contributed by atoms with E-state index in [1.54, 1.807) is 23.1 Å². The molecule has 0 spiro atoms. The van der Waals surface area contributed by atoms with Crippen LogP contribution in [0.3, 0.4) is 0 Å². The van der Waals surface area contributed by atoms with Crippen LogP contribution in [0.2, 0.25) is 0 Å². The molecule has 4 aromatic rings. The summed E-state index contributed by atoms with van der Waals surface area (Å²) < 4.78 is 13.4. The Morgan fingerprint density at radius 3 is 2.55 bits per heavy atom. The maximum absolute atomic E-state index is 13.7. The molecular formula is C26H19Br2NO4. The normalized spacial score (nSPS) is 15.2. The molecule has 1 aliphatic rings. The molecule has 0 N–H and O–H groups in total. The SMILES string of the molecule is CCCOc1cccc(C2c3c(oc4ccc(Br)cc4c3=O)C(=O)N2c2cccc(Br)c2)c1. The topological polar surface area (TPSA) is 59.8 Å². The highest BCUT2D eigenvalue weighted by molar-refractivity contribution is 9.10. The zero-order valence-electron chi connectivity index (χ0n) is 17.7. The number of benzene rings is 3. The van der Waals surface area contributed by atoms with Gasteiger partial charge < -0.3 is 9.15 Å². The van der Waals surface area contributed by atoms with E-state index in [2.05, 4.69) is 31.9 Å². The van der Waals surface area contributed by atoms with E-state index in [0.29, 0.717) is 34.6 Å². The summed E-state index contributed by atoms with van der Waals surface area (Å²) in [6, 6.07) is 19.6. The second-order valence-corrected chi connectivity index (χ2v) is 9.62. The van der Waals surface area contributed by atoms with Crippen molar-refractivity contribution in [3.63, 3.8) is 0 Å². The molecule has 2 heterocycles. The smallest absolute Gasteiger partial charge is 0.295 e. The van der Waals surface area contributed by atoms with Crippen molar-refractivity contribution in [2.45, 2.75) is 19.4 Å². The number of amides is 1. The Bertz CT molecular complexity index is 1450. The van der Waals surface area contributed by atoms with Crippen molar-refractivity contribution in [2.75, 3.05) is 11.5 Å². The molecule has 0 aliphatic carbocycles.